The molecule has 1 fully saturated rings. The van der Waals surface area contributed by atoms with Crippen LogP contribution in [0, 0.1) is 0 Å². The molecule has 2 aromatic heterocycles. The highest BCUT2D eigenvalue weighted by atomic mass is 16.2. The van der Waals surface area contributed by atoms with Gasteiger partial charge in [0.25, 0.3) is 0 Å². The number of H-pyrrole nitrogens is 1. The number of amides is 1. The molecule has 1 aliphatic heterocycles. The zero-order valence-corrected chi connectivity index (χ0v) is 17.9. The first kappa shape index (κ1) is 19.8. The maximum atomic E-state index is 12.8. The molecular formula is C27H29N3O. The number of pyridine rings is 1. The number of aromatic amines is 1. The number of rotatable bonds is 5. The Morgan fingerprint density at radius 1 is 0.903 bits per heavy atom. The zero-order chi connectivity index (χ0) is 21.0. The summed E-state index contributed by atoms with van der Waals surface area (Å²) < 4.78 is 0. The van der Waals surface area contributed by atoms with E-state index in [1.807, 2.05) is 12.1 Å². The molecule has 4 nitrogen and oxygen atoms in total. The van der Waals surface area contributed by atoms with E-state index in [1.165, 1.54) is 23.8 Å². The maximum absolute atomic E-state index is 12.8. The van der Waals surface area contributed by atoms with Crippen LogP contribution in [0.4, 0.5) is 0 Å². The normalized spacial score (nSPS) is 14.8. The van der Waals surface area contributed by atoms with Gasteiger partial charge in [0.15, 0.2) is 0 Å². The van der Waals surface area contributed by atoms with Crippen LogP contribution < -0.4 is 0 Å². The van der Waals surface area contributed by atoms with Crippen LogP contribution in [0.1, 0.15) is 44.1 Å². The number of benzene rings is 2. The number of fused-ring (bicyclic) bond motifs is 2. The second-order valence-electron chi connectivity index (χ2n) is 8.56. The van der Waals surface area contributed by atoms with Crippen molar-refractivity contribution in [1.82, 2.24) is 14.9 Å². The van der Waals surface area contributed by atoms with Gasteiger partial charge in [-0.25, -0.2) is 4.98 Å². The number of likely N-dealkylation sites (tertiary alicyclic amines) is 1. The Kier molecular flexibility index (Phi) is 5.70. The first-order valence-corrected chi connectivity index (χ1v) is 11.5. The standard InChI is InChI=1S/C27H29N3O/c31-26(30-18-7-1-2-8-19-30)15-9-12-22-21-11-4-6-14-24(21)29-27(22)25-17-16-20-10-3-5-13-23(20)28-25/h3-6,10-11,13-14,16-17,29H,1-2,7-9,12,15,18-19H2. The van der Waals surface area contributed by atoms with Crippen LogP contribution in [0.15, 0.2) is 60.7 Å². The highest BCUT2D eigenvalue weighted by Gasteiger charge is 2.18. The van der Waals surface area contributed by atoms with Crippen LogP contribution in [-0.2, 0) is 11.2 Å². The molecule has 0 spiro atoms. The first-order valence-electron chi connectivity index (χ1n) is 11.5. The third-order valence-corrected chi connectivity index (χ3v) is 6.44. The monoisotopic (exact) mass is 411 g/mol. The lowest BCUT2D eigenvalue weighted by molar-refractivity contribution is -0.131. The molecule has 0 bridgehead atoms. The molecule has 4 heteroatoms. The Morgan fingerprint density at radius 2 is 1.68 bits per heavy atom. The van der Waals surface area contributed by atoms with E-state index in [9.17, 15) is 4.79 Å². The molecule has 0 radical (unpaired) electrons. The molecule has 31 heavy (non-hydrogen) atoms. The molecule has 158 valence electrons. The Morgan fingerprint density at radius 3 is 2.55 bits per heavy atom. The van der Waals surface area contributed by atoms with Crippen molar-refractivity contribution in [2.24, 2.45) is 0 Å². The predicted molar refractivity (Wildman–Crippen MR) is 127 cm³/mol. The summed E-state index contributed by atoms with van der Waals surface area (Å²) >= 11 is 0. The van der Waals surface area contributed by atoms with Gasteiger partial charge in [0.05, 0.1) is 16.9 Å². The fourth-order valence-electron chi connectivity index (χ4n) is 4.78. The van der Waals surface area contributed by atoms with E-state index in [0.717, 1.165) is 66.6 Å². The third kappa shape index (κ3) is 4.20. The topological polar surface area (TPSA) is 49.0 Å². The van der Waals surface area contributed by atoms with Crippen molar-refractivity contribution in [2.75, 3.05) is 13.1 Å². The Hall–Kier alpha value is -3.14. The largest absolute Gasteiger partial charge is 0.353 e. The smallest absolute Gasteiger partial charge is 0.222 e. The lowest BCUT2D eigenvalue weighted by Gasteiger charge is -2.20. The Bertz CT molecular complexity index is 1200. The average Bonchev–Trinajstić information content (AvgIpc) is 2.97. The minimum Gasteiger partial charge on any atom is -0.353 e. The van der Waals surface area contributed by atoms with Crippen LogP contribution in [0.5, 0.6) is 0 Å². The summed E-state index contributed by atoms with van der Waals surface area (Å²) in [7, 11) is 0. The maximum Gasteiger partial charge on any atom is 0.222 e. The van der Waals surface area contributed by atoms with E-state index in [4.69, 9.17) is 4.98 Å². The van der Waals surface area contributed by atoms with Gasteiger partial charge >= 0.3 is 0 Å². The van der Waals surface area contributed by atoms with Gasteiger partial charge in [0.1, 0.15) is 0 Å². The van der Waals surface area contributed by atoms with Crippen LogP contribution in [-0.4, -0.2) is 33.9 Å². The van der Waals surface area contributed by atoms with E-state index >= 15 is 0 Å². The predicted octanol–water partition coefficient (Wildman–Crippen LogP) is 6.11. The van der Waals surface area contributed by atoms with Gasteiger partial charge in [0, 0.05) is 35.8 Å². The van der Waals surface area contributed by atoms with Crippen LogP contribution in [0.2, 0.25) is 0 Å². The quantitative estimate of drug-likeness (QED) is 0.431. The highest BCUT2D eigenvalue weighted by Crippen LogP contribution is 2.31. The number of aromatic nitrogens is 2. The molecule has 3 heterocycles. The van der Waals surface area contributed by atoms with Gasteiger partial charge in [-0.05, 0) is 49.4 Å². The number of carbonyl (C=O) groups excluding carboxylic acids is 1. The molecule has 5 rings (SSSR count). The van der Waals surface area contributed by atoms with Crippen molar-refractivity contribution in [3.05, 3.63) is 66.2 Å². The molecule has 0 aliphatic carbocycles. The molecule has 1 saturated heterocycles. The molecule has 1 amide bonds. The number of hydrogen-bond acceptors (Lipinski definition) is 2. The van der Waals surface area contributed by atoms with E-state index < -0.39 is 0 Å². The van der Waals surface area contributed by atoms with Gasteiger partial charge in [0.2, 0.25) is 5.91 Å². The second-order valence-corrected chi connectivity index (χ2v) is 8.56. The highest BCUT2D eigenvalue weighted by molar-refractivity contribution is 5.91. The minimum absolute atomic E-state index is 0.312. The van der Waals surface area contributed by atoms with Crippen molar-refractivity contribution in [3.63, 3.8) is 0 Å². The molecule has 1 aliphatic rings. The van der Waals surface area contributed by atoms with Gasteiger partial charge in [-0.15, -0.1) is 0 Å². The van der Waals surface area contributed by atoms with Crippen molar-refractivity contribution < 1.29 is 4.79 Å². The number of hydrogen-bond donors (Lipinski definition) is 1. The molecule has 2 aromatic carbocycles. The fourth-order valence-corrected chi connectivity index (χ4v) is 4.78. The molecule has 0 atom stereocenters. The molecule has 0 saturated carbocycles. The summed E-state index contributed by atoms with van der Waals surface area (Å²) in [4.78, 5) is 23.3. The third-order valence-electron chi connectivity index (χ3n) is 6.44. The minimum atomic E-state index is 0.312. The Labute approximate surface area is 183 Å². The van der Waals surface area contributed by atoms with Crippen molar-refractivity contribution in [1.29, 1.82) is 0 Å². The summed E-state index contributed by atoms with van der Waals surface area (Å²) in [5.74, 6) is 0.312. The van der Waals surface area contributed by atoms with Crippen molar-refractivity contribution >= 4 is 27.7 Å². The van der Waals surface area contributed by atoms with E-state index in [0.29, 0.717) is 12.3 Å². The molecule has 0 unspecified atom stereocenters. The Balaban J connectivity index is 1.40. The summed E-state index contributed by atoms with van der Waals surface area (Å²) in [6.45, 7) is 1.86. The summed E-state index contributed by atoms with van der Waals surface area (Å²) in [6.07, 6.45) is 7.13. The first-order chi connectivity index (χ1) is 15.3. The van der Waals surface area contributed by atoms with E-state index in [2.05, 4.69) is 58.4 Å². The number of carbonyl (C=O) groups is 1. The SMILES string of the molecule is O=C(CCCc1c(-c2ccc3ccccc3n2)[nH]c2ccccc12)N1CCCCCC1. The van der Waals surface area contributed by atoms with Crippen LogP contribution >= 0.6 is 0 Å². The lowest BCUT2D eigenvalue weighted by atomic mass is 10.0. The summed E-state index contributed by atoms with van der Waals surface area (Å²) in [6, 6.07) is 20.9. The average molecular weight is 412 g/mol. The number of aryl methyl sites for hydroxylation is 1. The van der Waals surface area contributed by atoms with Gasteiger partial charge in [-0.2, -0.15) is 0 Å². The van der Waals surface area contributed by atoms with Crippen molar-refractivity contribution in [2.45, 2.75) is 44.9 Å². The summed E-state index contributed by atoms with van der Waals surface area (Å²) in [5.41, 5.74) is 5.43. The zero-order valence-electron chi connectivity index (χ0n) is 17.9. The lowest BCUT2D eigenvalue weighted by Crippen LogP contribution is -2.31. The van der Waals surface area contributed by atoms with E-state index in [1.54, 1.807) is 0 Å². The number of nitrogens with one attached hydrogen (secondary N) is 1. The van der Waals surface area contributed by atoms with Crippen LogP contribution in [0.3, 0.4) is 0 Å². The molecular weight excluding hydrogens is 382 g/mol. The number of para-hydroxylation sites is 2. The van der Waals surface area contributed by atoms with Crippen LogP contribution in [0.25, 0.3) is 33.2 Å². The van der Waals surface area contributed by atoms with Gasteiger partial charge in [-0.1, -0.05) is 55.3 Å². The van der Waals surface area contributed by atoms with Gasteiger partial charge < -0.3 is 9.88 Å². The fraction of sp³-hybridized carbons (Fsp3) is 0.333. The number of nitrogens with zero attached hydrogens (tertiary/aromatic N) is 2. The second kappa shape index (κ2) is 8.93. The van der Waals surface area contributed by atoms with E-state index in [-0.39, 0.29) is 0 Å². The van der Waals surface area contributed by atoms with Crippen molar-refractivity contribution in [3.8, 4) is 11.4 Å². The molecule has 4 aromatic rings. The van der Waals surface area contributed by atoms with Gasteiger partial charge in [-0.3, -0.25) is 4.79 Å². The summed E-state index contributed by atoms with van der Waals surface area (Å²) in [5, 5.41) is 2.38. The molecule has 1 N–H and O–H groups in total.